The predicted octanol–water partition coefficient (Wildman–Crippen LogP) is 1.24. The minimum Gasteiger partial charge on any atom is -0.389 e. The van der Waals surface area contributed by atoms with Crippen LogP contribution in [0.25, 0.3) is 0 Å². The van der Waals surface area contributed by atoms with Gasteiger partial charge in [-0.3, -0.25) is 0 Å². The Morgan fingerprint density at radius 1 is 1.45 bits per heavy atom. The first-order chi connectivity index (χ1) is 10.5. The summed E-state index contributed by atoms with van der Waals surface area (Å²) in [4.78, 5) is 17.6. The van der Waals surface area contributed by atoms with Crippen LogP contribution in [-0.4, -0.2) is 41.7 Å². The highest BCUT2D eigenvalue weighted by molar-refractivity contribution is 8.13. The van der Waals surface area contributed by atoms with Crippen molar-refractivity contribution in [1.82, 2.24) is 15.7 Å². The predicted molar refractivity (Wildman–Crippen MR) is 87.6 cm³/mol. The van der Waals surface area contributed by atoms with Gasteiger partial charge in [0.1, 0.15) is 6.61 Å². The van der Waals surface area contributed by atoms with Gasteiger partial charge in [0.15, 0.2) is 5.17 Å². The molecule has 22 heavy (non-hydrogen) atoms. The third-order valence-corrected chi connectivity index (χ3v) is 3.85. The first-order valence-electron chi connectivity index (χ1n) is 6.61. The molecule has 120 valence electrons. The first-order valence-corrected chi connectivity index (χ1v) is 7.83. The number of amidine groups is 1. The quantitative estimate of drug-likeness (QED) is 0.492. The van der Waals surface area contributed by atoms with Gasteiger partial charge in [0.2, 0.25) is 0 Å². The van der Waals surface area contributed by atoms with E-state index < -0.39 is 0 Å². The van der Waals surface area contributed by atoms with Crippen LogP contribution < -0.4 is 16.3 Å². The second-order valence-electron chi connectivity index (χ2n) is 4.74. The van der Waals surface area contributed by atoms with Crippen LogP contribution in [-0.2, 0) is 11.4 Å². The number of oxime groups is 1. The Kier molecular flexibility index (Phi) is 5.11. The van der Waals surface area contributed by atoms with E-state index in [4.69, 9.17) is 10.6 Å². The van der Waals surface area contributed by atoms with Gasteiger partial charge < -0.3 is 10.6 Å². The molecule has 0 saturated carbocycles. The lowest BCUT2D eigenvalue weighted by Gasteiger charge is -2.19. The molecule has 2 amide bonds. The molecule has 0 radical (unpaired) electrons. The summed E-state index contributed by atoms with van der Waals surface area (Å²) in [6, 6.07) is 5.52. The number of thioether (sulfide) groups is 1. The number of carbonyl (C=O) groups is 1. The van der Waals surface area contributed by atoms with Crippen molar-refractivity contribution < 1.29 is 9.63 Å². The number of carbonyl (C=O) groups excluding carboxylic acids is 1. The summed E-state index contributed by atoms with van der Waals surface area (Å²) in [6.07, 6.45) is 1.82. The number of nitrogens with one attached hydrogen (secondary N) is 1. The number of aryl methyl sites for hydroxylation is 1. The van der Waals surface area contributed by atoms with Gasteiger partial charge in [-0.15, -0.1) is 10.7 Å². The van der Waals surface area contributed by atoms with Crippen LogP contribution in [0.4, 0.5) is 10.5 Å². The molecule has 8 nitrogen and oxygen atoms in total. The first kappa shape index (κ1) is 16.4. The summed E-state index contributed by atoms with van der Waals surface area (Å²) in [5.41, 5.74) is 11.2. The van der Waals surface area contributed by atoms with E-state index in [1.165, 1.54) is 21.8 Å². The van der Waals surface area contributed by atoms with E-state index in [-0.39, 0.29) is 12.6 Å². The lowest BCUT2D eigenvalue weighted by atomic mass is 10.1. The number of rotatable bonds is 4. The summed E-state index contributed by atoms with van der Waals surface area (Å²) in [5, 5.41) is 8.69. The Hall–Kier alpha value is -1.97. The number of amides is 2. The Labute approximate surface area is 133 Å². The van der Waals surface area contributed by atoms with Gasteiger partial charge in [-0.2, -0.15) is 0 Å². The number of hydrazine groups is 3. The SMILES string of the molecule is CS/C(N)=N\OCc1c(C)cccc1N1NN(C)N(C)C1=O. The molecule has 1 aliphatic heterocycles. The highest BCUT2D eigenvalue weighted by Gasteiger charge is 2.32. The smallest absolute Gasteiger partial charge is 0.355 e. The summed E-state index contributed by atoms with van der Waals surface area (Å²) < 4.78 is 0. The highest BCUT2D eigenvalue weighted by atomic mass is 32.2. The lowest BCUT2D eigenvalue weighted by Crippen LogP contribution is -2.39. The van der Waals surface area contributed by atoms with Crippen molar-refractivity contribution in [3.05, 3.63) is 29.3 Å². The van der Waals surface area contributed by atoms with Crippen molar-refractivity contribution in [2.75, 3.05) is 25.4 Å². The maximum atomic E-state index is 12.3. The van der Waals surface area contributed by atoms with Gasteiger partial charge in [-0.1, -0.05) is 29.1 Å². The molecule has 1 aromatic carbocycles. The Balaban J connectivity index is 2.25. The van der Waals surface area contributed by atoms with E-state index in [9.17, 15) is 4.79 Å². The van der Waals surface area contributed by atoms with Crippen molar-refractivity contribution >= 4 is 28.6 Å². The van der Waals surface area contributed by atoms with Crippen LogP contribution in [0.3, 0.4) is 0 Å². The molecule has 3 N–H and O–H groups in total. The number of hydrogen-bond donors (Lipinski definition) is 2. The molecule has 1 saturated heterocycles. The van der Waals surface area contributed by atoms with E-state index >= 15 is 0 Å². The molecule has 0 bridgehead atoms. The van der Waals surface area contributed by atoms with Gasteiger partial charge in [-0.05, 0) is 24.8 Å². The van der Waals surface area contributed by atoms with Crippen molar-refractivity contribution in [3.63, 3.8) is 0 Å². The number of nitrogens with two attached hydrogens (primary N) is 1. The average Bonchev–Trinajstić information content (AvgIpc) is 2.76. The fourth-order valence-electron chi connectivity index (χ4n) is 1.97. The summed E-state index contributed by atoms with van der Waals surface area (Å²) in [7, 11) is 3.44. The fraction of sp³-hybridized carbons (Fsp3) is 0.385. The maximum Gasteiger partial charge on any atom is 0.355 e. The Bertz CT molecular complexity index is 594. The second kappa shape index (κ2) is 6.86. The van der Waals surface area contributed by atoms with Crippen molar-refractivity contribution in [3.8, 4) is 0 Å². The average molecular weight is 324 g/mol. The lowest BCUT2D eigenvalue weighted by molar-refractivity contribution is 0.0652. The topological polar surface area (TPSA) is 86.4 Å². The van der Waals surface area contributed by atoms with Crippen LogP contribution in [0.15, 0.2) is 23.4 Å². The van der Waals surface area contributed by atoms with Gasteiger partial charge in [0.05, 0.1) is 5.69 Å². The molecule has 1 aromatic rings. The zero-order chi connectivity index (χ0) is 16.3. The third-order valence-electron chi connectivity index (χ3n) is 3.36. The van der Waals surface area contributed by atoms with Crippen molar-refractivity contribution in [1.29, 1.82) is 0 Å². The molecule has 1 fully saturated rings. The molecule has 0 unspecified atom stereocenters. The number of urea groups is 1. The summed E-state index contributed by atoms with van der Waals surface area (Å²) in [5.74, 6) is 0. The largest absolute Gasteiger partial charge is 0.389 e. The molecule has 0 spiro atoms. The van der Waals surface area contributed by atoms with Gasteiger partial charge in [-0.25, -0.2) is 14.8 Å². The van der Waals surface area contributed by atoms with Gasteiger partial charge in [0.25, 0.3) is 0 Å². The number of nitrogens with zero attached hydrogens (tertiary/aromatic N) is 4. The van der Waals surface area contributed by atoms with Crippen molar-refractivity contribution in [2.24, 2.45) is 10.9 Å². The molecule has 0 aliphatic carbocycles. The zero-order valence-electron chi connectivity index (χ0n) is 13.0. The molecule has 9 heteroatoms. The maximum absolute atomic E-state index is 12.3. The van der Waals surface area contributed by atoms with E-state index in [1.54, 1.807) is 19.2 Å². The minimum absolute atomic E-state index is 0.179. The molecular formula is C13H20N6O2S. The van der Waals surface area contributed by atoms with Crippen LogP contribution in [0.2, 0.25) is 0 Å². The summed E-state index contributed by atoms with van der Waals surface area (Å²) in [6.45, 7) is 2.18. The molecule has 1 aliphatic rings. The molecule has 0 aromatic heterocycles. The molecule has 1 heterocycles. The molecular weight excluding hydrogens is 304 g/mol. The van der Waals surface area contributed by atoms with Crippen molar-refractivity contribution in [2.45, 2.75) is 13.5 Å². The normalized spacial score (nSPS) is 16.5. The Morgan fingerprint density at radius 2 is 2.18 bits per heavy atom. The van der Waals surface area contributed by atoms with Crippen LogP contribution >= 0.6 is 11.8 Å². The van der Waals surface area contributed by atoms with E-state index in [0.29, 0.717) is 5.17 Å². The number of hydrogen-bond acceptors (Lipinski definition) is 6. The fourth-order valence-corrected chi connectivity index (χ4v) is 2.09. The number of benzene rings is 1. The van der Waals surface area contributed by atoms with Gasteiger partial charge >= 0.3 is 6.03 Å². The van der Waals surface area contributed by atoms with E-state index in [0.717, 1.165) is 16.8 Å². The molecule has 2 rings (SSSR count). The third kappa shape index (κ3) is 3.26. The summed E-state index contributed by atoms with van der Waals surface area (Å²) >= 11 is 1.31. The van der Waals surface area contributed by atoms with Crippen LogP contribution in [0.5, 0.6) is 0 Å². The van der Waals surface area contributed by atoms with Crippen LogP contribution in [0, 0.1) is 6.92 Å². The monoisotopic (exact) mass is 324 g/mol. The zero-order valence-corrected chi connectivity index (χ0v) is 13.8. The van der Waals surface area contributed by atoms with E-state index in [1.807, 2.05) is 31.4 Å². The second-order valence-corrected chi connectivity index (χ2v) is 5.57. The Morgan fingerprint density at radius 3 is 2.77 bits per heavy atom. The number of anilines is 1. The van der Waals surface area contributed by atoms with Crippen LogP contribution in [0.1, 0.15) is 11.1 Å². The highest BCUT2D eigenvalue weighted by Crippen LogP contribution is 2.26. The van der Waals surface area contributed by atoms with E-state index in [2.05, 4.69) is 10.7 Å². The molecule has 0 atom stereocenters. The standard InChI is InChI=1S/C13H20N6O2S/c1-9-6-5-7-11(10(9)8-21-15-12(14)22-4)19-13(20)17(2)18(3)16-19/h5-7,16H,8H2,1-4H3,(H2,14,15). The van der Waals surface area contributed by atoms with Gasteiger partial charge in [0, 0.05) is 19.7 Å². The minimum atomic E-state index is -0.179.